The number of hydrogen-bond acceptors (Lipinski definition) is 2. The fraction of sp³-hybridized carbons (Fsp3) is 0.125. The molecule has 138 valence electrons. The van der Waals surface area contributed by atoms with Crippen LogP contribution < -0.4 is 16.0 Å². The maximum atomic E-state index is 13.8. The lowest BCUT2D eigenvalue weighted by Crippen LogP contribution is -2.56. The van der Waals surface area contributed by atoms with Crippen LogP contribution in [0.4, 0.5) is 10.1 Å². The van der Waals surface area contributed by atoms with E-state index in [0.717, 1.165) is 15.3 Å². The van der Waals surface area contributed by atoms with Crippen molar-refractivity contribution in [2.24, 2.45) is 0 Å². The molecule has 4 nitrogen and oxygen atoms in total. The molecule has 0 fully saturated rings. The van der Waals surface area contributed by atoms with Gasteiger partial charge in [0.2, 0.25) is 3.79 Å². The first-order valence-corrected chi connectivity index (χ1v) is 9.74. The molecule has 2 aromatic rings. The van der Waals surface area contributed by atoms with Crippen LogP contribution in [-0.2, 0) is 0 Å². The van der Waals surface area contributed by atoms with Gasteiger partial charge < -0.3 is 16.0 Å². The molecular weight excluding hydrogens is 535 g/mol. The van der Waals surface area contributed by atoms with E-state index >= 15 is 0 Å². The highest BCUT2D eigenvalue weighted by atomic mass is 127. The highest BCUT2D eigenvalue weighted by Gasteiger charge is 2.35. The van der Waals surface area contributed by atoms with Crippen LogP contribution in [0.25, 0.3) is 0 Å². The molecule has 26 heavy (non-hydrogen) atoms. The van der Waals surface area contributed by atoms with Gasteiger partial charge in [0.05, 0.1) is 11.3 Å². The lowest BCUT2D eigenvalue weighted by Gasteiger charge is -2.28. The average Bonchev–Trinajstić information content (AvgIpc) is 2.56. The van der Waals surface area contributed by atoms with E-state index < -0.39 is 21.7 Å². The fourth-order valence-electron chi connectivity index (χ4n) is 1.91. The first-order chi connectivity index (χ1) is 12.2. The van der Waals surface area contributed by atoms with E-state index in [1.807, 2.05) is 24.3 Å². The van der Waals surface area contributed by atoms with Crippen LogP contribution in [0.2, 0.25) is 0 Å². The van der Waals surface area contributed by atoms with Crippen molar-refractivity contribution in [2.45, 2.75) is 9.96 Å². The number of rotatable bonds is 4. The summed E-state index contributed by atoms with van der Waals surface area (Å²) < 4.78 is 12.8. The van der Waals surface area contributed by atoms with E-state index in [0.29, 0.717) is 0 Å². The van der Waals surface area contributed by atoms with Gasteiger partial charge in [-0.3, -0.25) is 4.79 Å². The lowest BCUT2D eigenvalue weighted by atomic mass is 10.2. The number of para-hydroxylation sites is 1. The van der Waals surface area contributed by atoms with Gasteiger partial charge >= 0.3 is 0 Å². The number of carbonyl (C=O) groups is 1. The smallest absolute Gasteiger partial charge is 0.255 e. The van der Waals surface area contributed by atoms with Crippen molar-refractivity contribution >= 4 is 86.3 Å². The number of amides is 1. The van der Waals surface area contributed by atoms with Crippen molar-refractivity contribution in [1.29, 1.82) is 0 Å². The summed E-state index contributed by atoms with van der Waals surface area (Å²) in [5.74, 6) is -1.43. The molecule has 0 aliphatic rings. The minimum absolute atomic E-state index is 0.124. The molecule has 0 aliphatic carbocycles. The molecule has 0 saturated carbocycles. The first-order valence-electron chi connectivity index (χ1n) is 7.12. The summed E-state index contributed by atoms with van der Waals surface area (Å²) in [4.78, 5) is 12.3. The lowest BCUT2D eigenvalue weighted by molar-refractivity contribution is 0.0930. The summed E-state index contributed by atoms with van der Waals surface area (Å²) in [6.45, 7) is 0. The van der Waals surface area contributed by atoms with Gasteiger partial charge in [-0.2, -0.15) is 0 Å². The number of anilines is 1. The third-order valence-electron chi connectivity index (χ3n) is 3.12. The number of alkyl halides is 3. The predicted molar refractivity (Wildman–Crippen MR) is 116 cm³/mol. The molecule has 0 saturated heterocycles. The topological polar surface area (TPSA) is 53.2 Å². The van der Waals surface area contributed by atoms with Crippen LogP contribution in [0.1, 0.15) is 10.4 Å². The summed E-state index contributed by atoms with van der Waals surface area (Å²) in [7, 11) is 0. The van der Waals surface area contributed by atoms with Crippen molar-refractivity contribution in [3.05, 3.63) is 63.5 Å². The monoisotopic (exact) mass is 545 g/mol. The molecule has 2 rings (SSSR count). The minimum Gasteiger partial charge on any atom is -0.339 e. The second-order valence-corrected chi connectivity index (χ2v) is 8.95. The van der Waals surface area contributed by atoms with Crippen LogP contribution in [0, 0.1) is 9.39 Å². The quantitative estimate of drug-likeness (QED) is 0.222. The Hall–Kier alpha value is -0.870. The van der Waals surface area contributed by atoms with Crippen LogP contribution in [-0.4, -0.2) is 21.0 Å². The van der Waals surface area contributed by atoms with Gasteiger partial charge in [-0.15, -0.1) is 0 Å². The van der Waals surface area contributed by atoms with Crippen LogP contribution in [0.5, 0.6) is 0 Å². The number of halogens is 5. The van der Waals surface area contributed by atoms with Gasteiger partial charge in [0.25, 0.3) is 5.91 Å². The Morgan fingerprint density at radius 1 is 1.08 bits per heavy atom. The Morgan fingerprint density at radius 3 is 2.31 bits per heavy atom. The van der Waals surface area contributed by atoms with Gasteiger partial charge in [0.1, 0.15) is 12.0 Å². The standard InChI is InChI=1S/C16H12Cl3FIN3OS/c17-16(18,19)14(23-13(25)9-5-1-2-6-10(9)20)24-15(26)22-12-8-4-3-7-11(12)21/h1-8,14H,(H,23,25)(H2,22,24,26)/t14-/m1/s1. The third kappa shape index (κ3) is 6.09. The predicted octanol–water partition coefficient (Wildman–Crippen LogP) is 4.84. The Labute approximate surface area is 183 Å². The molecule has 0 aromatic heterocycles. The van der Waals surface area contributed by atoms with E-state index in [2.05, 4.69) is 38.5 Å². The highest BCUT2D eigenvalue weighted by molar-refractivity contribution is 14.1. The summed E-state index contributed by atoms with van der Waals surface area (Å²) in [5.41, 5.74) is 0.569. The van der Waals surface area contributed by atoms with Crippen LogP contribution in [0.3, 0.4) is 0 Å². The fourth-order valence-corrected chi connectivity index (χ4v) is 2.98. The molecule has 0 spiro atoms. The van der Waals surface area contributed by atoms with E-state index in [-0.39, 0.29) is 10.7 Å². The third-order valence-corrected chi connectivity index (χ3v) is 4.93. The number of nitrogens with one attached hydrogen (secondary N) is 3. The highest BCUT2D eigenvalue weighted by Crippen LogP contribution is 2.29. The Kier molecular flexibility index (Phi) is 7.72. The molecule has 0 radical (unpaired) electrons. The molecule has 3 N–H and O–H groups in total. The second-order valence-electron chi connectivity index (χ2n) is 5.01. The summed E-state index contributed by atoms with van der Waals surface area (Å²) in [6.07, 6.45) is -1.19. The van der Waals surface area contributed by atoms with Gasteiger partial charge in [0.15, 0.2) is 5.11 Å². The van der Waals surface area contributed by atoms with Gasteiger partial charge in [-0.1, -0.05) is 59.1 Å². The van der Waals surface area contributed by atoms with Crippen molar-refractivity contribution in [1.82, 2.24) is 10.6 Å². The molecular formula is C16H12Cl3FIN3OS. The number of thiocarbonyl (C=S) groups is 1. The first kappa shape index (κ1) is 21.4. The number of hydrogen-bond donors (Lipinski definition) is 3. The van der Waals surface area contributed by atoms with E-state index in [9.17, 15) is 9.18 Å². The van der Waals surface area contributed by atoms with Crippen LogP contribution >= 0.6 is 69.6 Å². The van der Waals surface area contributed by atoms with E-state index in [1.165, 1.54) is 18.2 Å². The van der Waals surface area contributed by atoms with E-state index in [1.54, 1.807) is 0 Å². The molecule has 1 atom stereocenters. The molecule has 2 aromatic carbocycles. The zero-order valence-corrected chi connectivity index (χ0v) is 18.1. The Morgan fingerprint density at radius 2 is 1.69 bits per heavy atom. The normalized spacial score (nSPS) is 12.2. The second kappa shape index (κ2) is 9.36. The maximum Gasteiger partial charge on any atom is 0.255 e. The maximum absolute atomic E-state index is 13.8. The molecule has 0 bridgehead atoms. The SMILES string of the molecule is O=C(N[C@H](NC(=S)Nc1ccccc1I)C(Cl)(Cl)Cl)c1ccccc1F. The average molecular weight is 547 g/mol. The van der Waals surface area contributed by atoms with Crippen molar-refractivity contribution in [3.63, 3.8) is 0 Å². The van der Waals surface area contributed by atoms with Crippen molar-refractivity contribution in [3.8, 4) is 0 Å². The molecule has 1 amide bonds. The summed E-state index contributed by atoms with van der Waals surface area (Å²) in [5, 5.41) is 8.22. The van der Waals surface area contributed by atoms with Gasteiger partial charge in [-0.25, -0.2) is 4.39 Å². The van der Waals surface area contributed by atoms with Crippen molar-refractivity contribution in [2.75, 3.05) is 5.32 Å². The van der Waals surface area contributed by atoms with Crippen LogP contribution in [0.15, 0.2) is 48.5 Å². The van der Waals surface area contributed by atoms with Gasteiger partial charge in [0, 0.05) is 3.57 Å². The Bertz CT molecular complexity index is 819. The minimum atomic E-state index is -1.93. The molecule has 10 heteroatoms. The van der Waals surface area contributed by atoms with E-state index in [4.69, 9.17) is 47.0 Å². The number of benzene rings is 2. The largest absolute Gasteiger partial charge is 0.339 e. The van der Waals surface area contributed by atoms with Gasteiger partial charge in [-0.05, 0) is 59.1 Å². The molecule has 0 heterocycles. The molecule has 0 unspecified atom stereocenters. The molecule has 0 aliphatic heterocycles. The number of carbonyl (C=O) groups excluding carboxylic acids is 1. The summed E-state index contributed by atoms with van der Waals surface area (Å²) >= 11 is 25.1. The van der Waals surface area contributed by atoms with Crippen molar-refractivity contribution < 1.29 is 9.18 Å². The Balaban J connectivity index is 2.10. The zero-order chi connectivity index (χ0) is 19.3. The zero-order valence-electron chi connectivity index (χ0n) is 12.9. The summed E-state index contributed by atoms with van der Waals surface area (Å²) in [6, 6.07) is 12.9.